The molecule has 2 rings (SSSR count). The summed E-state index contributed by atoms with van der Waals surface area (Å²) in [5.74, 6) is 0.901. The van der Waals surface area contributed by atoms with Crippen molar-refractivity contribution < 1.29 is 4.74 Å². The van der Waals surface area contributed by atoms with Gasteiger partial charge in [-0.25, -0.2) is 0 Å². The molecule has 0 aliphatic rings. The van der Waals surface area contributed by atoms with E-state index in [-0.39, 0.29) is 0 Å². The highest BCUT2D eigenvalue weighted by atomic mass is 16.5. The first-order chi connectivity index (χ1) is 9.22. The minimum absolute atomic E-state index is 0.462. The lowest BCUT2D eigenvalue weighted by atomic mass is 10.1. The predicted molar refractivity (Wildman–Crippen MR) is 81.6 cm³/mol. The summed E-state index contributed by atoms with van der Waals surface area (Å²) in [4.78, 5) is 0. The molecule has 0 aliphatic heterocycles. The van der Waals surface area contributed by atoms with Crippen LogP contribution in [0.1, 0.15) is 18.9 Å². The van der Waals surface area contributed by atoms with Gasteiger partial charge in [0, 0.05) is 12.6 Å². The van der Waals surface area contributed by atoms with Gasteiger partial charge in [-0.15, -0.1) is 6.58 Å². The van der Waals surface area contributed by atoms with E-state index in [1.165, 1.54) is 16.3 Å². The lowest BCUT2D eigenvalue weighted by Crippen LogP contribution is -2.24. The van der Waals surface area contributed by atoms with E-state index in [9.17, 15) is 0 Å². The third kappa shape index (κ3) is 3.58. The number of rotatable bonds is 6. The molecule has 2 aromatic carbocycles. The molecule has 1 unspecified atom stereocenters. The number of methoxy groups -OCH3 is 1. The number of ether oxygens (including phenoxy) is 1. The normalized spacial score (nSPS) is 12.3. The molecular weight excluding hydrogens is 234 g/mol. The van der Waals surface area contributed by atoms with Gasteiger partial charge in [0.05, 0.1) is 7.11 Å². The Hall–Kier alpha value is -1.80. The molecule has 2 aromatic rings. The molecule has 1 atom stereocenters. The first-order valence-electron chi connectivity index (χ1n) is 6.64. The monoisotopic (exact) mass is 255 g/mol. The van der Waals surface area contributed by atoms with Crippen LogP contribution in [0.4, 0.5) is 0 Å². The molecule has 0 spiro atoms. The minimum atomic E-state index is 0.462. The van der Waals surface area contributed by atoms with Crippen molar-refractivity contribution in [3.8, 4) is 5.75 Å². The van der Waals surface area contributed by atoms with Gasteiger partial charge in [0.1, 0.15) is 5.75 Å². The first kappa shape index (κ1) is 13.6. The molecule has 0 saturated carbocycles. The third-order valence-corrected chi connectivity index (χ3v) is 3.29. The van der Waals surface area contributed by atoms with E-state index in [1.54, 1.807) is 7.11 Å². The van der Waals surface area contributed by atoms with Gasteiger partial charge < -0.3 is 10.1 Å². The summed E-state index contributed by atoms with van der Waals surface area (Å²) in [7, 11) is 1.69. The van der Waals surface area contributed by atoms with Crippen molar-refractivity contribution in [2.75, 3.05) is 7.11 Å². The van der Waals surface area contributed by atoms with Gasteiger partial charge in [0.25, 0.3) is 0 Å². The Morgan fingerprint density at radius 2 is 1.95 bits per heavy atom. The van der Waals surface area contributed by atoms with Crippen molar-refractivity contribution in [1.82, 2.24) is 5.32 Å². The van der Waals surface area contributed by atoms with Gasteiger partial charge in [0.15, 0.2) is 0 Å². The fourth-order valence-electron chi connectivity index (χ4n) is 2.14. The van der Waals surface area contributed by atoms with Gasteiger partial charge in [0.2, 0.25) is 0 Å². The maximum absolute atomic E-state index is 5.24. The summed E-state index contributed by atoms with van der Waals surface area (Å²) in [6.07, 6.45) is 2.94. The Labute approximate surface area is 115 Å². The number of nitrogens with one attached hydrogen (secondary N) is 1. The average molecular weight is 255 g/mol. The van der Waals surface area contributed by atoms with Crippen LogP contribution >= 0.6 is 0 Å². The zero-order chi connectivity index (χ0) is 13.7. The highest BCUT2D eigenvalue weighted by Crippen LogP contribution is 2.21. The van der Waals surface area contributed by atoms with E-state index in [0.29, 0.717) is 6.04 Å². The molecule has 0 aliphatic carbocycles. The van der Waals surface area contributed by atoms with Crippen LogP contribution in [-0.2, 0) is 6.54 Å². The van der Waals surface area contributed by atoms with Gasteiger partial charge >= 0.3 is 0 Å². The van der Waals surface area contributed by atoms with Crippen molar-refractivity contribution >= 4 is 10.8 Å². The van der Waals surface area contributed by atoms with Crippen LogP contribution < -0.4 is 10.1 Å². The zero-order valence-corrected chi connectivity index (χ0v) is 11.6. The van der Waals surface area contributed by atoms with Gasteiger partial charge in [-0.2, -0.15) is 0 Å². The van der Waals surface area contributed by atoms with E-state index in [0.717, 1.165) is 18.7 Å². The summed E-state index contributed by atoms with van der Waals surface area (Å²) >= 11 is 0. The Morgan fingerprint density at radius 1 is 1.21 bits per heavy atom. The largest absolute Gasteiger partial charge is 0.497 e. The molecule has 0 heterocycles. The van der Waals surface area contributed by atoms with Crippen LogP contribution in [0.2, 0.25) is 0 Å². The second-order valence-electron chi connectivity index (χ2n) is 4.85. The number of fused-ring (bicyclic) bond motifs is 1. The van der Waals surface area contributed by atoms with Gasteiger partial charge in [-0.1, -0.05) is 24.3 Å². The maximum atomic E-state index is 5.24. The standard InChI is InChI=1S/C17H21NO/c1-4-5-13(2)18-12-14-6-7-16-11-17(19-3)9-8-15(16)10-14/h4,6-11,13,18H,1,5,12H2,2-3H3. The van der Waals surface area contributed by atoms with E-state index < -0.39 is 0 Å². The van der Waals surface area contributed by atoms with E-state index in [1.807, 2.05) is 12.1 Å². The van der Waals surface area contributed by atoms with E-state index >= 15 is 0 Å². The molecule has 0 radical (unpaired) electrons. The van der Waals surface area contributed by atoms with Crippen LogP contribution in [0, 0.1) is 0 Å². The highest BCUT2D eigenvalue weighted by molar-refractivity contribution is 5.84. The van der Waals surface area contributed by atoms with Gasteiger partial charge in [-0.3, -0.25) is 0 Å². The lowest BCUT2D eigenvalue weighted by molar-refractivity contribution is 0.415. The second kappa shape index (κ2) is 6.39. The topological polar surface area (TPSA) is 21.3 Å². The lowest BCUT2D eigenvalue weighted by Gasteiger charge is -2.12. The number of hydrogen-bond acceptors (Lipinski definition) is 2. The molecule has 0 bridgehead atoms. The Bertz CT molecular complexity index is 562. The fraction of sp³-hybridized carbons (Fsp3) is 0.294. The van der Waals surface area contributed by atoms with Crippen molar-refractivity contribution in [2.24, 2.45) is 0 Å². The predicted octanol–water partition coefficient (Wildman–Crippen LogP) is 3.90. The van der Waals surface area contributed by atoms with Gasteiger partial charge in [-0.05, 0) is 47.9 Å². The van der Waals surface area contributed by atoms with Crippen LogP contribution in [0.15, 0.2) is 49.1 Å². The Kier molecular flexibility index (Phi) is 4.58. The van der Waals surface area contributed by atoms with Crippen molar-refractivity contribution in [3.63, 3.8) is 0 Å². The number of benzene rings is 2. The first-order valence-corrected chi connectivity index (χ1v) is 6.64. The van der Waals surface area contributed by atoms with Crippen molar-refractivity contribution in [2.45, 2.75) is 25.9 Å². The summed E-state index contributed by atoms with van der Waals surface area (Å²) in [5.41, 5.74) is 1.30. The van der Waals surface area contributed by atoms with E-state index in [4.69, 9.17) is 4.74 Å². The molecule has 0 saturated heterocycles. The molecule has 0 aromatic heterocycles. The summed E-state index contributed by atoms with van der Waals surface area (Å²) in [5, 5.41) is 5.95. The molecule has 19 heavy (non-hydrogen) atoms. The van der Waals surface area contributed by atoms with Crippen LogP contribution in [0.25, 0.3) is 10.8 Å². The smallest absolute Gasteiger partial charge is 0.119 e. The zero-order valence-electron chi connectivity index (χ0n) is 11.6. The SMILES string of the molecule is C=CCC(C)NCc1ccc2cc(OC)ccc2c1. The average Bonchev–Trinajstić information content (AvgIpc) is 2.44. The highest BCUT2D eigenvalue weighted by Gasteiger charge is 2.01. The molecular formula is C17H21NO. The molecule has 1 N–H and O–H groups in total. The summed E-state index contributed by atoms with van der Waals surface area (Å²) in [6, 6.07) is 13.2. The van der Waals surface area contributed by atoms with E-state index in [2.05, 4.69) is 49.2 Å². The minimum Gasteiger partial charge on any atom is -0.497 e. The summed E-state index contributed by atoms with van der Waals surface area (Å²) in [6.45, 7) is 6.82. The molecule has 0 fully saturated rings. The summed E-state index contributed by atoms with van der Waals surface area (Å²) < 4.78 is 5.24. The number of hydrogen-bond donors (Lipinski definition) is 1. The van der Waals surface area contributed by atoms with Crippen molar-refractivity contribution in [1.29, 1.82) is 0 Å². The van der Waals surface area contributed by atoms with Crippen LogP contribution in [0.5, 0.6) is 5.75 Å². The van der Waals surface area contributed by atoms with Crippen molar-refractivity contribution in [3.05, 3.63) is 54.6 Å². The third-order valence-electron chi connectivity index (χ3n) is 3.29. The fourth-order valence-corrected chi connectivity index (χ4v) is 2.14. The van der Waals surface area contributed by atoms with Crippen LogP contribution in [0.3, 0.4) is 0 Å². The Morgan fingerprint density at radius 3 is 2.68 bits per heavy atom. The second-order valence-corrected chi connectivity index (χ2v) is 4.85. The molecule has 0 amide bonds. The maximum Gasteiger partial charge on any atom is 0.119 e. The molecule has 2 nitrogen and oxygen atoms in total. The molecule has 100 valence electrons. The molecule has 2 heteroatoms. The van der Waals surface area contributed by atoms with Crippen LogP contribution in [-0.4, -0.2) is 13.2 Å². The Balaban J connectivity index is 2.11. The quantitative estimate of drug-likeness (QED) is 0.790.